The molecular formula is C18H14BrNO4S2. The van der Waals surface area contributed by atoms with Gasteiger partial charge in [-0.15, -0.1) is 22.7 Å². The Morgan fingerprint density at radius 2 is 2.04 bits per heavy atom. The third-order valence-corrected chi connectivity index (χ3v) is 6.38. The number of halogens is 1. The molecule has 4 rings (SSSR count). The first kappa shape index (κ1) is 17.5. The normalized spacial score (nSPS) is 12.8. The average molecular weight is 452 g/mol. The molecule has 134 valence electrons. The zero-order chi connectivity index (χ0) is 17.9. The molecule has 26 heavy (non-hydrogen) atoms. The van der Waals surface area contributed by atoms with Crippen molar-refractivity contribution in [2.75, 3.05) is 13.2 Å². The van der Waals surface area contributed by atoms with Crippen LogP contribution in [0.2, 0.25) is 0 Å². The second kappa shape index (κ2) is 7.77. The van der Waals surface area contributed by atoms with Crippen molar-refractivity contribution in [3.8, 4) is 21.4 Å². The number of thiazole rings is 1. The van der Waals surface area contributed by atoms with Crippen LogP contribution in [0.4, 0.5) is 0 Å². The molecule has 0 N–H and O–H groups in total. The first-order valence-corrected chi connectivity index (χ1v) is 10.5. The minimum atomic E-state index is -0.310. The molecule has 0 saturated carbocycles. The maximum absolute atomic E-state index is 12.2. The Kier molecular flexibility index (Phi) is 5.23. The molecule has 0 spiro atoms. The van der Waals surface area contributed by atoms with E-state index in [1.165, 1.54) is 11.3 Å². The fourth-order valence-electron chi connectivity index (χ4n) is 2.48. The average Bonchev–Trinajstić information content (AvgIpc) is 3.31. The van der Waals surface area contributed by atoms with Crippen LogP contribution >= 0.6 is 38.6 Å². The van der Waals surface area contributed by atoms with Crippen LogP contribution in [0.25, 0.3) is 9.88 Å². The van der Waals surface area contributed by atoms with Crippen molar-refractivity contribution in [2.24, 2.45) is 0 Å². The zero-order valence-electron chi connectivity index (χ0n) is 13.6. The van der Waals surface area contributed by atoms with E-state index in [9.17, 15) is 4.79 Å². The van der Waals surface area contributed by atoms with E-state index in [0.29, 0.717) is 24.7 Å². The SMILES string of the molecule is O=C(Cc1csc(-c2cccs2)n1)OCc1cc2c(cc1Br)OCCO2. The van der Waals surface area contributed by atoms with Crippen molar-refractivity contribution in [3.63, 3.8) is 0 Å². The molecule has 0 atom stereocenters. The number of hydrogen-bond acceptors (Lipinski definition) is 7. The molecule has 2 aromatic heterocycles. The number of thiophene rings is 1. The molecule has 3 heterocycles. The minimum absolute atomic E-state index is 0.157. The van der Waals surface area contributed by atoms with Crippen molar-refractivity contribution in [2.45, 2.75) is 13.0 Å². The molecule has 8 heteroatoms. The zero-order valence-corrected chi connectivity index (χ0v) is 16.8. The molecule has 0 radical (unpaired) electrons. The molecule has 0 aliphatic carbocycles. The molecule has 1 aliphatic rings. The summed E-state index contributed by atoms with van der Waals surface area (Å²) >= 11 is 6.65. The molecule has 0 fully saturated rings. The summed E-state index contributed by atoms with van der Waals surface area (Å²) < 4.78 is 17.3. The summed E-state index contributed by atoms with van der Waals surface area (Å²) in [5.41, 5.74) is 1.56. The van der Waals surface area contributed by atoms with Gasteiger partial charge in [-0.25, -0.2) is 4.98 Å². The number of benzene rings is 1. The van der Waals surface area contributed by atoms with E-state index in [0.717, 1.165) is 25.6 Å². The predicted molar refractivity (Wildman–Crippen MR) is 104 cm³/mol. The van der Waals surface area contributed by atoms with Crippen molar-refractivity contribution >= 4 is 44.6 Å². The van der Waals surface area contributed by atoms with Crippen LogP contribution in [-0.2, 0) is 22.6 Å². The van der Waals surface area contributed by atoms with E-state index in [4.69, 9.17) is 14.2 Å². The Morgan fingerprint density at radius 3 is 2.81 bits per heavy atom. The van der Waals surface area contributed by atoms with E-state index >= 15 is 0 Å². The Morgan fingerprint density at radius 1 is 1.23 bits per heavy atom. The fourth-order valence-corrected chi connectivity index (χ4v) is 4.55. The number of rotatable bonds is 5. The quantitative estimate of drug-likeness (QED) is 0.526. The number of ether oxygens (including phenoxy) is 3. The molecule has 1 aliphatic heterocycles. The summed E-state index contributed by atoms with van der Waals surface area (Å²) in [6, 6.07) is 7.68. The van der Waals surface area contributed by atoms with Gasteiger partial charge in [0.1, 0.15) is 24.8 Å². The van der Waals surface area contributed by atoms with Crippen LogP contribution in [0.5, 0.6) is 11.5 Å². The van der Waals surface area contributed by atoms with Crippen molar-refractivity contribution in [1.82, 2.24) is 4.98 Å². The second-order valence-corrected chi connectivity index (χ2v) is 8.21. The molecule has 0 amide bonds. The van der Waals surface area contributed by atoms with Gasteiger partial charge in [-0.1, -0.05) is 22.0 Å². The Balaban J connectivity index is 1.37. The van der Waals surface area contributed by atoms with Crippen LogP contribution < -0.4 is 9.47 Å². The first-order valence-electron chi connectivity index (χ1n) is 7.91. The maximum Gasteiger partial charge on any atom is 0.312 e. The third-order valence-electron chi connectivity index (χ3n) is 3.71. The molecule has 0 bridgehead atoms. The van der Waals surface area contributed by atoms with Gasteiger partial charge in [0.25, 0.3) is 0 Å². The van der Waals surface area contributed by atoms with Crippen molar-refractivity contribution < 1.29 is 19.0 Å². The smallest absolute Gasteiger partial charge is 0.312 e. The summed E-state index contributed by atoms with van der Waals surface area (Å²) in [4.78, 5) is 17.8. The van der Waals surface area contributed by atoms with E-state index < -0.39 is 0 Å². The highest BCUT2D eigenvalue weighted by atomic mass is 79.9. The summed E-state index contributed by atoms with van der Waals surface area (Å²) in [5, 5.41) is 4.84. The molecular weight excluding hydrogens is 438 g/mol. The van der Waals surface area contributed by atoms with E-state index in [1.807, 2.05) is 35.0 Å². The van der Waals surface area contributed by atoms with E-state index in [2.05, 4.69) is 20.9 Å². The predicted octanol–water partition coefficient (Wildman–Crippen LogP) is 4.69. The lowest BCUT2D eigenvalue weighted by Gasteiger charge is -2.19. The van der Waals surface area contributed by atoms with Crippen molar-refractivity contribution in [1.29, 1.82) is 0 Å². The largest absolute Gasteiger partial charge is 0.486 e. The number of hydrogen-bond donors (Lipinski definition) is 0. The second-order valence-electron chi connectivity index (χ2n) is 5.55. The van der Waals surface area contributed by atoms with Gasteiger partial charge >= 0.3 is 5.97 Å². The van der Waals surface area contributed by atoms with Crippen molar-refractivity contribution in [3.05, 3.63) is 50.8 Å². The van der Waals surface area contributed by atoms with Gasteiger partial charge in [0.15, 0.2) is 11.5 Å². The van der Waals surface area contributed by atoms with Gasteiger partial charge in [-0.3, -0.25) is 4.79 Å². The first-order chi connectivity index (χ1) is 12.7. The number of aromatic nitrogens is 1. The number of fused-ring (bicyclic) bond motifs is 1. The molecule has 1 aromatic carbocycles. The Hall–Kier alpha value is -1.90. The summed E-state index contributed by atoms with van der Waals surface area (Å²) in [6.45, 7) is 1.22. The number of esters is 1. The van der Waals surface area contributed by atoms with Gasteiger partial charge in [0.05, 0.1) is 17.0 Å². The van der Waals surface area contributed by atoms with Gasteiger partial charge in [-0.05, 0) is 23.6 Å². The third kappa shape index (κ3) is 3.92. The molecule has 0 unspecified atom stereocenters. The van der Waals surface area contributed by atoms with Crippen LogP contribution in [0.15, 0.2) is 39.5 Å². The topological polar surface area (TPSA) is 57.7 Å². The van der Waals surface area contributed by atoms with E-state index in [-0.39, 0.29) is 19.0 Å². The van der Waals surface area contributed by atoms with Gasteiger partial charge in [0, 0.05) is 15.4 Å². The lowest BCUT2D eigenvalue weighted by molar-refractivity contribution is -0.144. The summed E-state index contributed by atoms with van der Waals surface area (Å²) in [5.74, 6) is 1.06. The van der Waals surface area contributed by atoms with Gasteiger partial charge < -0.3 is 14.2 Å². The minimum Gasteiger partial charge on any atom is -0.486 e. The van der Waals surface area contributed by atoms with Crippen LogP contribution in [0.3, 0.4) is 0 Å². The van der Waals surface area contributed by atoms with Gasteiger partial charge in [-0.2, -0.15) is 0 Å². The molecule has 0 saturated heterocycles. The standard InChI is InChI=1S/C18H14BrNO4S2/c19-13-8-15-14(22-3-4-23-15)6-11(13)9-24-17(21)7-12-10-26-18(20-12)16-2-1-5-25-16/h1-2,5-6,8,10H,3-4,7,9H2. The van der Waals surface area contributed by atoms with Crippen LogP contribution in [-0.4, -0.2) is 24.2 Å². The molecule has 5 nitrogen and oxygen atoms in total. The van der Waals surface area contributed by atoms with E-state index in [1.54, 1.807) is 11.3 Å². The lowest BCUT2D eigenvalue weighted by Crippen LogP contribution is -2.16. The number of nitrogens with zero attached hydrogens (tertiary/aromatic N) is 1. The Labute approximate surface area is 166 Å². The van der Waals surface area contributed by atoms with Crippen LogP contribution in [0.1, 0.15) is 11.3 Å². The number of carbonyl (C=O) groups is 1. The highest BCUT2D eigenvalue weighted by molar-refractivity contribution is 9.10. The summed E-state index contributed by atoms with van der Waals surface area (Å²) in [7, 11) is 0. The maximum atomic E-state index is 12.2. The van der Waals surface area contributed by atoms with Gasteiger partial charge in [0.2, 0.25) is 0 Å². The fraction of sp³-hybridized carbons (Fsp3) is 0.222. The highest BCUT2D eigenvalue weighted by Gasteiger charge is 2.16. The monoisotopic (exact) mass is 451 g/mol. The highest BCUT2D eigenvalue weighted by Crippen LogP contribution is 2.36. The summed E-state index contributed by atoms with van der Waals surface area (Å²) in [6.07, 6.45) is 0.157. The lowest BCUT2D eigenvalue weighted by atomic mass is 10.2. The van der Waals surface area contributed by atoms with Crippen LogP contribution in [0, 0.1) is 0 Å². The molecule has 3 aromatic rings. The Bertz CT molecular complexity index is 923. The number of carbonyl (C=O) groups excluding carboxylic acids is 1.